The van der Waals surface area contributed by atoms with Gasteiger partial charge in [0.2, 0.25) is 16.0 Å². The fourth-order valence-corrected chi connectivity index (χ4v) is 4.65. The number of likely N-dealkylation sites (tertiary alicyclic amines) is 1. The van der Waals surface area contributed by atoms with Crippen LogP contribution >= 0.6 is 0 Å². The highest BCUT2D eigenvalue weighted by molar-refractivity contribution is 7.89. The summed E-state index contributed by atoms with van der Waals surface area (Å²) < 4.78 is 114. The van der Waals surface area contributed by atoms with Gasteiger partial charge in [-0.15, -0.1) is 0 Å². The molecule has 0 saturated carbocycles. The lowest BCUT2D eigenvalue weighted by molar-refractivity contribution is 0.238. The molecule has 1 aromatic heterocycles. The van der Waals surface area contributed by atoms with Gasteiger partial charge in [0.15, 0.2) is 0 Å². The van der Waals surface area contributed by atoms with E-state index in [1.54, 1.807) is 46.0 Å². The van der Waals surface area contributed by atoms with Crippen molar-refractivity contribution >= 4 is 33.2 Å². The summed E-state index contributed by atoms with van der Waals surface area (Å²) in [5.74, 6) is 0.571. The molecule has 2 heterocycles. The molecule has 3 aromatic rings. The lowest BCUT2D eigenvalue weighted by Crippen LogP contribution is -2.40. The van der Waals surface area contributed by atoms with E-state index in [9.17, 15) is 8.42 Å². The highest BCUT2D eigenvalue weighted by atomic mass is 32.2. The second-order valence-corrected chi connectivity index (χ2v) is 10.9. The highest BCUT2D eigenvalue weighted by Gasteiger charge is 2.22. The Bertz CT molecular complexity index is 1710. The van der Waals surface area contributed by atoms with Crippen molar-refractivity contribution in [2.75, 3.05) is 36.7 Å². The maximum absolute atomic E-state index is 12.8. The summed E-state index contributed by atoms with van der Waals surface area (Å²) in [6.45, 7) is -3.21. The first kappa shape index (κ1) is 16.6. The number of benzene rings is 2. The number of nitrogens with one attached hydrogen (secondary N) is 3. The normalized spacial score (nSPS) is 24.3. The highest BCUT2D eigenvalue weighted by Crippen LogP contribution is 2.24. The second-order valence-electron chi connectivity index (χ2n) is 9.19. The van der Waals surface area contributed by atoms with Crippen LogP contribution in [0.15, 0.2) is 59.6 Å². The van der Waals surface area contributed by atoms with Crippen LogP contribution in [0.3, 0.4) is 0 Å². The molecule has 1 saturated heterocycles. The van der Waals surface area contributed by atoms with Gasteiger partial charge in [0.1, 0.15) is 18.1 Å². The first-order chi connectivity index (χ1) is 21.3. The fraction of sp³-hybridized carbons (Fsp3) is 0.407. The van der Waals surface area contributed by atoms with Crippen molar-refractivity contribution in [1.82, 2.24) is 19.6 Å². The van der Waals surface area contributed by atoms with E-state index in [0.29, 0.717) is 22.8 Å². The van der Waals surface area contributed by atoms with Gasteiger partial charge in [-0.25, -0.2) is 18.1 Å². The third-order valence-electron chi connectivity index (χ3n) is 4.79. The third kappa shape index (κ3) is 7.88. The van der Waals surface area contributed by atoms with Crippen molar-refractivity contribution in [3.05, 3.63) is 60.3 Å². The van der Waals surface area contributed by atoms with Gasteiger partial charge in [0.25, 0.3) is 0 Å². The molecule has 9 nitrogen and oxygen atoms in total. The number of nitrogens with zero attached hydrogens (tertiary/aromatic N) is 3. The predicted molar refractivity (Wildman–Crippen MR) is 147 cm³/mol. The van der Waals surface area contributed by atoms with Gasteiger partial charge in [0.05, 0.1) is 7.64 Å². The van der Waals surface area contributed by atoms with E-state index < -0.39 is 54.4 Å². The number of rotatable bonds is 10. The number of ether oxygens (including phenoxy) is 1. The first-order valence-corrected chi connectivity index (χ1v) is 12.9. The minimum atomic E-state index is -3.77. The number of hydrogen-bond donors (Lipinski definition) is 3. The Balaban J connectivity index is 1.46. The Hall–Kier alpha value is -3.21. The van der Waals surface area contributed by atoms with Crippen molar-refractivity contribution in [1.29, 1.82) is 0 Å². The van der Waals surface area contributed by atoms with E-state index in [4.69, 9.17) is 18.4 Å². The van der Waals surface area contributed by atoms with Gasteiger partial charge in [0, 0.05) is 46.2 Å². The molecule has 1 fully saturated rings. The Kier molecular flexibility index (Phi) is 5.14. The van der Waals surface area contributed by atoms with E-state index in [0.717, 1.165) is 0 Å². The van der Waals surface area contributed by atoms with E-state index in [1.807, 2.05) is 0 Å². The monoisotopic (exact) mass is 534 g/mol. The number of anilines is 4. The lowest BCUT2D eigenvalue weighted by Gasteiger charge is -2.20. The molecule has 0 spiro atoms. The molecule has 0 aliphatic carbocycles. The molecule has 10 heteroatoms. The Morgan fingerprint density at radius 3 is 2.51 bits per heavy atom. The van der Waals surface area contributed by atoms with E-state index in [2.05, 4.69) is 25.3 Å². The maximum atomic E-state index is 12.8. The summed E-state index contributed by atoms with van der Waals surface area (Å²) in [6, 6.07) is 12.1. The van der Waals surface area contributed by atoms with Crippen LogP contribution in [0, 0.1) is 6.92 Å². The molecule has 3 N–H and O–H groups in total. The first-order valence-electron chi connectivity index (χ1n) is 16.4. The van der Waals surface area contributed by atoms with Crippen LogP contribution < -0.4 is 20.1 Å². The van der Waals surface area contributed by atoms with Gasteiger partial charge in [-0.3, -0.25) is 4.90 Å². The summed E-state index contributed by atoms with van der Waals surface area (Å²) in [5, 5.41) is 6.11. The van der Waals surface area contributed by atoms with Gasteiger partial charge >= 0.3 is 0 Å². The molecule has 0 atom stereocenters. The molecular formula is C27H36N6O3S. The minimum absolute atomic E-state index is 0.0187. The van der Waals surface area contributed by atoms with Crippen molar-refractivity contribution in [2.45, 2.75) is 50.9 Å². The molecule has 2 aromatic carbocycles. The number of aryl methyl sites for hydroxylation is 1. The molecule has 4 rings (SSSR count). The zero-order valence-corrected chi connectivity index (χ0v) is 21.7. The van der Waals surface area contributed by atoms with Crippen LogP contribution in [0.25, 0.3) is 0 Å². The van der Waals surface area contributed by atoms with Gasteiger partial charge in [-0.2, -0.15) is 4.98 Å². The van der Waals surface area contributed by atoms with Gasteiger partial charge < -0.3 is 15.4 Å². The van der Waals surface area contributed by atoms with Crippen LogP contribution in [-0.4, -0.2) is 54.9 Å². The molecule has 198 valence electrons. The minimum Gasteiger partial charge on any atom is -0.492 e. The third-order valence-corrected chi connectivity index (χ3v) is 6.54. The van der Waals surface area contributed by atoms with Gasteiger partial charge in [-0.1, -0.05) is 6.07 Å². The standard InChI is InChI=1S/C27H36N6O3S/c1-20-19-28-26(30-21-10-12-23(13-11-21)36-17-16-33-14-5-6-15-33)31-25(20)29-22-8-7-9-24(18-22)37(34,35)32-27(2,3)4/h7-13,18-19,32H,5-6,14-17H2,1-4H3,(H2,28,29,30,31)/i5D2,6D2,14D2,15D2,17D2. The predicted octanol–water partition coefficient (Wildman–Crippen LogP) is 4.82. The summed E-state index contributed by atoms with van der Waals surface area (Å²) >= 11 is 0. The summed E-state index contributed by atoms with van der Waals surface area (Å²) in [5.41, 5.74) is 0.966. The topological polar surface area (TPSA) is 108 Å². The summed E-state index contributed by atoms with van der Waals surface area (Å²) in [7, 11) is -3.77. The second kappa shape index (κ2) is 11.5. The van der Waals surface area contributed by atoms with Crippen LogP contribution in [-0.2, 0) is 10.0 Å². The molecular weight excluding hydrogens is 488 g/mol. The average Bonchev–Trinajstić information content (AvgIpc) is 2.99. The fourth-order valence-electron chi connectivity index (χ4n) is 3.18. The van der Waals surface area contributed by atoms with Crippen molar-refractivity contribution in [2.24, 2.45) is 0 Å². The lowest BCUT2D eigenvalue weighted by atomic mass is 10.1. The molecule has 1 aliphatic rings. The average molecular weight is 535 g/mol. The quantitative estimate of drug-likeness (QED) is 0.340. The van der Waals surface area contributed by atoms with E-state index >= 15 is 0 Å². The molecule has 0 radical (unpaired) electrons. The molecule has 0 bridgehead atoms. The van der Waals surface area contributed by atoms with Crippen LogP contribution in [0.5, 0.6) is 5.75 Å². The zero-order chi connectivity index (χ0) is 35.4. The molecule has 0 amide bonds. The summed E-state index contributed by atoms with van der Waals surface area (Å²) in [4.78, 5) is 8.99. The van der Waals surface area contributed by atoms with E-state index in [1.165, 1.54) is 36.4 Å². The number of hydrogen-bond acceptors (Lipinski definition) is 8. The van der Waals surface area contributed by atoms with Crippen molar-refractivity contribution in [3.63, 3.8) is 0 Å². The maximum Gasteiger partial charge on any atom is 0.241 e. The van der Waals surface area contributed by atoms with Crippen molar-refractivity contribution in [3.8, 4) is 5.75 Å². The SMILES string of the molecule is [2H]C([2H])(CN1C([2H])([2H])C([2H])([2H])C([2H])([2H])C1([2H])[2H])Oc1ccc(Nc2ncc(C)c(Nc3cccc(S(=O)(=O)NC(C)(C)C)c3)n2)cc1. The largest absolute Gasteiger partial charge is 0.492 e. The summed E-state index contributed by atoms with van der Waals surface area (Å²) in [6.07, 6.45) is -5.00. The van der Waals surface area contributed by atoms with Crippen LogP contribution in [0.1, 0.15) is 52.8 Å². The Morgan fingerprint density at radius 2 is 1.81 bits per heavy atom. The zero-order valence-electron chi connectivity index (χ0n) is 30.9. The van der Waals surface area contributed by atoms with Crippen LogP contribution in [0.2, 0.25) is 0 Å². The Morgan fingerprint density at radius 1 is 1.08 bits per heavy atom. The Labute approximate surface area is 233 Å². The van der Waals surface area contributed by atoms with Crippen molar-refractivity contribution < 1.29 is 26.9 Å². The van der Waals surface area contributed by atoms with Gasteiger partial charge in [-0.05, 0) is 95.9 Å². The molecule has 1 aliphatic heterocycles. The smallest absolute Gasteiger partial charge is 0.241 e. The molecule has 0 unspecified atom stereocenters. The molecule has 37 heavy (non-hydrogen) atoms. The number of sulfonamides is 1. The van der Waals surface area contributed by atoms with Crippen LogP contribution in [0.4, 0.5) is 23.1 Å². The number of aromatic nitrogens is 2. The van der Waals surface area contributed by atoms with E-state index in [-0.39, 0.29) is 21.5 Å².